The predicted molar refractivity (Wildman–Crippen MR) is 108 cm³/mol. The Morgan fingerprint density at radius 1 is 1.25 bits per heavy atom. The van der Waals surface area contributed by atoms with E-state index >= 15 is 0 Å². The molecule has 1 heterocycles. The first-order valence-corrected chi connectivity index (χ1v) is 16.0. The van der Waals surface area contributed by atoms with E-state index in [-0.39, 0.29) is 6.10 Å². The summed E-state index contributed by atoms with van der Waals surface area (Å²) < 4.78 is 18.1. The van der Waals surface area contributed by atoms with Crippen molar-refractivity contribution >= 4 is 16.6 Å². The Balaban J connectivity index is 2.47. The molecule has 0 aromatic rings. The largest absolute Gasteiger partial charge is 0.420 e. The number of unbranched alkanes of at least 4 members (excludes halogenated alkanes) is 1. The first-order chi connectivity index (χ1) is 11.3. The van der Waals surface area contributed by atoms with Crippen LogP contribution >= 0.6 is 0 Å². The Kier molecular flexibility index (Phi) is 10.3. The summed E-state index contributed by atoms with van der Waals surface area (Å²) in [6, 6.07) is 2.49. The van der Waals surface area contributed by atoms with Crippen molar-refractivity contribution in [3.05, 3.63) is 0 Å². The zero-order chi connectivity index (χ0) is 18.1. The van der Waals surface area contributed by atoms with Crippen LogP contribution in [0.25, 0.3) is 0 Å². The average Bonchev–Trinajstić information content (AvgIpc) is 2.49. The van der Waals surface area contributed by atoms with Gasteiger partial charge in [-0.2, -0.15) is 0 Å². The Labute approximate surface area is 152 Å². The van der Waals surface area contributed by atoms with E-state index in [1.54, 1.807) is 0 Å². The highest BCUT2D eigenvalue weighted by Gasteiger charge is 2.30. The molecule has 1 aliphatic heterocycles. The van der Waals surface area contributed by atoms with Crippen LogP contribution in [0.5, 0.6) is 0 Å². The smallest absolute Gasteiger partial charge is 0.187 e. The molecule has 1 aliphatic rings. The van der Waals surface area contributed by atoms with Gasteiger partial charge < -0.3 is 18.5 Å². The van der Waals surface area contributed by atoms with Crippen molar-refractivity contribution in [2.45, 2.75) is 77.0 Å². The summed E-state index contributed by atoms with van der Waals surface area (Å²) in [5.41, 5.74) is 0. The van der Waals surface area contributed by atoms with Gasteiger partial charge in [-0.05, 0) is 70.6 Å². The van der Waals surface area contributed by atoms with Gasteiger partial charge in [-0.15, -0.1) is 0 Å². The van der Waals surface area contributed by atoms with E-state index in [1.165, 1.54) is 37.9 Å². The van der Waals surface area contributed by atoms with Gasteiger partial charge in [-0.3, -0.25) is 0 Å². The van der Waals surface area contributed by atoms with Gasteiger partial charge in [-0.25, -0.2) is 0 Å². The molecule has 6 heteroatoms. The lowest BCUT2D eigenvalue weighted by atomic mass is 10.3. The van der Waals surface area contributed by atoms with Gasteiger partial charge >= 0.3 is 0 Å². The van der Waals surface area contributed by atoms with Gasteiger partial charge in [0.2, 0.25) is 0 Å². The van der Waals surface area contributed by atoms with Crippen LogP contribution in [0.2, 0.25) is 38.3 Å². The lowest BCUT2D eigenvalue weighted by Crippen LogP contribution is -2.47. The number of hydrogen-bond acceptors (Lipinski definition) is 4. The molecule has 1 saturated heterocycles. The van der Waals surface area contributed by atoms with E-state index in [9.17, 15) is 0 Å². The fourth-order valence-corrected chi connectivity index (χ4v) is 6.62. The van der Waals surface area contributed by atoms with Gasteiger partial charge in [0.05, 0.1) is 12.7 Å². The fourth-order valence-electron chi connectivity index (χ4n) is 3.24. The van der Waals surface area contributed by atoms with Crippen LogP contribution in [-0.2, 0) is 13.6 Å². The van der Waals surface area contributed by atoms with Crippen molar-refractivity contribution in [2.75, 3.05) is 40.0 Å². The molecule has 0 N–H and O–H groups in total. The zero-order valence-electron chi connectivity index (χ0n) is 17.0. The van der Waals surface area contributed by atoms with Gasteiger partial charge in [0.25, 0.3) is 0 Å². The maximum Gasteiger partial charge on any atom is 0.187 e. The number of ether oxygens (including phenoxy) is 1. The maximum absolute atomic E-state index is 6.51. The molecule has 4 nitrogen and oxygen atoms in total. The minimum absolute atomic E-state index is 0.247. The summed E-state index contributed by atoms with van der Waals surface area (Å²) in [5.74, 6) is 0. The van der Waals surface area contributed by atoms with Crippen LogP contribution in [0, 0.1) is 0 Å². The number of rotatable bonds is 10. The van der Waals surface area contributed by atoms with E-state index in [1.807, 2.05) is 7.11 Å². The number of nitrogens with zero attached hydrogens (tertiary/aromatic N) is 1. The van der Waals surface area contributed by atoms with E-state index in [0.717, 1.165) is 32.7 Å². The third-order valence-corrected chi connectivity index (χ3v) is 10.1. The summed E-state index contributed by atoms with van der Waals surface area (Å²) in [4.78, 5) is 2.59. The molecule has 0 aliphatic carbocycles. The molecule has 144 valence electrons. The molecule has 0 radical (unpaired) electrons. The first kappa shape index (κ1) is 22.3. The van der Waals surface area contributed by atoms with E-state index in [2.05, 4.69) is 38.0 Å². The molecule has 1 rings (SSSR count). The third-order valence-electron chi connectivity index (χ3n) is 4.95. The summed E-state index contributed by atoms with van der Waals surface area (Å²) in [5, 5.41) is 0. The molecule has 0 aromatic carbocycles. The van der Waals surface area contributed by atoms with E-state index < -0.39 is 16.6 Å². The summed E-state index contributed by atoms with van der Waals surface area (Å²) in [6.07, 6.45) is 5.09. The molecule has 0 saturated carbocycles. The molecule has 1 fully saturated rings. The second-order valence-electron chi connectivity index (χ2n) is 8.40. The topological polar surface area (TPSA) is 30.9 Å². The SMILES string of the molecule is CCCCOCC1CN(CCC[Si](C)(C)OC)CCC[Si](C)(C)O1. The van der Waals surface area contributed by atoms with Crippen molar-refractivity contribution in [2.24, 2.45) is 0 Å². The highest BCUT2D eigenvalue weighted by molar-refractivity contribution is 6.71. The van der Waals surface area contributed by atoms with Crippen LogP contribution in [0.15, 0.2) is 0 Å². The fraction of sp³-hybridized carbons (Fsp3) is 1.00. The standard InChI is InChI=1S/C18H41NO3Si2/c1-7-8-13-21-17-18-16-19(11-9-14-23(3,4)20-2)12-10-15-24(5,6)22-18/h18H,7-17H2,1-6H3. The molecule has 0 spiro atoms. The minimum Gasteiger partial charge on any atom is -0.420 e. The summed E-state index contributed by atoms with van der Waals surface area (Å²) >= 11 is 0. The van der Waals surface area contributed by atoms with Gasteiger partial charge in [0.1, 0.15) is 0 Å². The molecule has 0 amide bonds. The molecular formula is C18H41NO3Si2. The molecule has 0 aromatic heterocycles. The average molecular weight is 376 g/mol. The second-order valence-corrected chi connectivity index (χ2v) is 17.1. The van der Waals surface area contributed by atoms with Gasteiger partial charge in [0.15, 0.2) is 16.6 Å². The van der Waals surface area contributed by atoms with Crippen LogP contribution in [0.3, 0.4) is 0 Å². The zero-order valence-corrected chi connectivity index (χ0v) is 19.0. The van der Waals surface area contributed by atoms with Gasteiger partial charge in [0, 0.05) is 20.3 Å². The third kappa shape index (κ3) is 9.68. The Bertz CT molecular complexity index is 340. The van der Waals surface area contributed by atoms with Crippen molar-refractivity contribution in [1.82, 2.24) is 4.90 Å². The number of hydrogen-bond donors (Lipinski definition) is 0. The summed E-state index contributed by atoms with van der Waals surface area (Å²) in [6.45, 7) is 16.6. The first-order valence-electron chi connectivity index (χ1n) is 9.81. The Hall–Kier alpha value is 0.274. The van der Waals surface area contributed by atoms with Crippen molar-refractivity contribution in [1.29, 1.82) is 0 Å². The molecule has 0 bridgehead atoms. The highest BCUT2D eigenvalue weighted by atomic mass is 28.4. The van der Waals surface area contributed by atoms with Crippen LogP contribution in [0.1, 0.15) is 32.6 Å². The van der Waals surface area contributed by atoms with Crippen molar-refractivity contribution in [3.8, 4) is 0 Å². The van der Waals surface area contributed by atoms with Crippen molar-refractivity contribution in [3.63, 3.8) is 0 Å². The quantitative estimate of drug-likeness (QED) is 0.420. The molecule has 24 heavy (non-hydrogen) atoms. The lowest BCUT2D eigenvalue weighted by Gasteiger charge is -2.37. The second kappa shape index (κ2) is 11.1. The maximum atomic E-state index is 6.51. The van der Waals surface area contributed by atoms with E-state index in [4.69, 9.17) is 13.6 Å². The minimum atomic E-state index is -1.52. The van der Waals surface area contributed by atoms with Crippen LogP contribution < -0.4 is 0 Å². The van der Waals surface area contributed by atoms with Crippen LogP contribution in [0.4, 0.5) is 0 Å². The monoisotopic (exact) mass is 375 g/mol. The molecular weight excluding hydrogens is 334 g/mol. The van der Waals surface area contributed by atoms with Crippen LogP contribution in [-0.4, -0.2) is 67.6 Å². The Morgan fingerprint density at radius 2 is 2.00 bits per heavy atom. The summed E-state index contributed by atoms with van der Waals surface area (Å²) in [7, 11) is -1.08. The van der Waals surface area contributed by atoms with Gasteiger partial charge in [-0.1, -0.05) is 13.3 Å². The normalized spacial score (nSPS) is 23.0. The Morgan fingerprint density at radius 3 is 2.67 bits per heavy atom. The highest BCUT2D eigenvalue weighted by Crippen LogP contribution is 2.21. The van der Waals surface area contributed by atoms with E-state index in [0.29, 0.717) is 0 Å². The van der Waals surface area contributed by atoms with Crippen molar-refractivity contribution < 1.29 is 13.6 Å². The molecule has 1 unspecified atom stereocenters. The lowest BCUT2D eigenvalue weighted by molar-refractivity contribution is 0.0205. The molecule has 1 atom stereocenters. The predicted octanol–water partition coefficient (Wildman–Crippen LogP) is 4.34.